The van der Waals surface area contributed by atoms with Gasteiger partial charge in [-0.25, -0.2) is 0 Å². The van der Waals surface area contributed by atoms with Gasteiger partial charge < -0.3 is 9.64 Å². The Labute approximate surface area is 206 Å². The lowest BCUT2D eigenvalue weighted by Gasteiger charge is -2.45. The van der Waals surface area contributed by atoms with Gasteiger partial charge in [-0.3, -0.25) is 24.4 Å². The van der Waals surface area contributed by atoms with Crippen LogP contribution in [-0.2, 0) is 26.2 Å². The number of amides is 2. The number of hydrogen-bond donors (Lipinski definition) is 1. The molecule has 2 saturated heterocycles. The van der Waals surface area contributed by atoms with E-state index in [0.717, 1.165) is 55.4 Å². The van der Waals surface area contributed by atoms with Gasteiger partial charge in [0.2, 0.25) is 11.8 Å². The first-order valence-electron chi connectivity index (χ1n) is 12.9. The van der Waals surface area contributed by atoms with Crippen LogP contribution >= 0.6 is 0 Å². The molecule has 5 rings (SSSR count). The summed E-state index contributed by atoms with van der Waals surface area (Å²) in [6, 6.07) is 6.99. The van der Waals surface area contributed by atoms with Gasteiger partial charge in [0.05, 0.1) is 23.0 Å². The molecule has 3 fully saturated rings. The average Bonchev–Trinajstić information content (AvgIpc) is 3.08. The van der Waals surface area contributed by atoms with E-state index in [1.54, 1.807) is 0 Å². The molecule has 8 nitrogen and oxygen atoms in total. The molecule has 0 bridgehead atoms. The fourth-order valence-electron chi connectivity index (χ4n) is 5.83. The molecule has 8 heteroatoms. The van der Waals surface area contributed by atoms with Crippen molar-refractivity contribution in [1.29, 1.82) is 0 Å². The lowest BCUT2D eigenvalue weighted by molar-refractivity contribution is -0.165. The molecule has 0 radical (unpaired) electrons. The molecule has 188 valence electrons. The maximum atomic E-state index is 12.4. The monoisotopic (exact) mass is 480 g/mol. The van der Waals surface area contributed by atoms with Crippen LogP contribution in [0.25, 0.3) is 10.9 Å². The van der Waals surface area contributed by atoms with Crippen molar-refractivity contribution in [3.05, 3.63) is 29.5 Å². The molecule has 35 heavy (non-hydrogen) atoms. The number of piperidine rings is 2. The van der Waals surface area contributed by atoms with Crippen LogP contribution in [0.15, 0.2) is 18.2 Å². The summed E-state index contributed by atoms with van der Waals surface area (Å²) in [6.07, 6.45) is 4.86. The Bertz CT molecular complexity index is 1150. The van der Waals surface area contributed by atoms with Crippen molar-refractivity contribution in [2.75, 3.05) is 13.1 Å². The van der Waals surface area contributed by atoms with Gasteiger partial charge in [0.1, 0.15) is 5.60 Å². The van der Waals surface area contributed by atoms with E-state index in [9.17, 15) is 14.4 Å². The molecule has 1 aromatic heterocycles. The molecular formula is C27H36N4O4. The van der Waals surface area contributed by atoms with Gasteiger partial charge in [0, 0.05) is 24.9 Å². The first-order chi connectivity index (χ1) is 16.6. The molecule has 2 aliphatic heterocycles. The second-order valence-corrected chi connectivity index (χ2v) is 11.5. The maximum Gasteiger partial charge on any atom is 0.309 e. The highest BCUT2D eigenvalue weighted by molar-refractivity contribution is 6.02. The number of aryl methyl sites for hydroxylation is 1. The molecule has 1 aromatic carbocycles. The van der Waals surface area contributed by atoms with Gasteiger partial charge in [0.25, 0.3) is 0 Å². The van der Waals surface area contributed by atoms with E-state index in [2.05, 4.69) is 33.5 Å². The highest BCUT2D eigenvalue weighted by Gasteiger charge is 2.41. The molecule has 1 saturated carbocycles. The molecule has 1 atom stereocenters. The minimum Gasteiger partial charge on any atom is -0.460 e. The summed E-state index contributed by atoms with van der Waals surface area (Å²) < 4.78 is 7.41. The fraction of sp³-hybridized carbons (Fsp3) is 0.630. The van der Waals surface area contributed by atoms with Gasteiger partial charge in [-0.15, -0.1) is 0 Å². The Balaban J connectivity index is 1.20. The summed E-state index contributed by atoms with van der Waals surface area (Å²) in [6.45, 7) is 7.85. The van der Waals surface area contributed by atoms with E-state index in [1.807, 2.05) is 32.5 Å². The molecule has 3 heterocycles. The number of fused-ring (bicyclic) bond motifs is 1. The first kappa shape index (κ1) is 24.0. The predicted octanol–water partition coefficient (Wildman–Crippen LogP) is 3.39. The standard InChI is InChI=1S/C27H36N4O4/c1-27(2,3)35-26(34)18-13-19(14-18)31-11-9-16(10-12-31)17-5-6-20-22(15-17)30(4)29-24(20)21-7-8-23(32)28-25(21)33/h5-6,15-16,18-19,21H,7-14H2,1-4H3,(H,28,32,33). The molecular weight excluding hydrogens is 444 g/mol. The van der Waals surface area contributed by atoms with Crippen LogP contribution in [0.3, 0.4) is 0 Å². The second kappa shape index (κ2) is 9.04. The van der Waals surface area contributed by atoms with Crippen molar-refractivity contribution < 1.29 is 19.1 Å². The summed E-state index contributed by atoms with van der Waals surface area (Å²) in [7, 11) is 1.92. The van der Waals surface area contributed by atoms with Crippen molar-refractivity contribution in [2.24, 2.45) is 13.0 Å². The van der Waals surface area contributed by atoms with Gasteiger partial charge in [0.15, 0.2) is 0 Å². The Morgan fingerprint density at radius 1 is 1.11 bits per heavy atom. The Kier molecular flexibility index (Phi) is 6.20. The number of imide groups is 1. The van der Waals surface area contributed by atoms with E-state index < -0.39 is 5.60 Å². The van der Waals surface area contributed by atoms with E-state index in [1.165, 1.54) is 5.56 Å². The number of aromatic nitrogens is 2. The first-order valence-corrected chi connectivity index (χ1v) is 12.9. The number of carbonyl (C=O) groups is 3. The lowest BCUT2D eigenvalue weighted by Crippen LogP contribution is -2.50. The van der Waals surface area contributed by atoms with Gasteiger partial charge >= 0.3 is 5.97 Å². The quantitative estimate of drug-likeness (QED) is 0.533. The molecule has 1 unspecified atom stereocenters. The largest absolute Gasteiger partial charge is 0.460 e. The predicted molar refractivity (Wildman–Crippen MR) is 132 cm³/mol. The third-order valence-electron chi connectivity index (χ3n) is 7.84. The summed E-state index contributed by atoms with van der Waals surface area (Å²) in [4.78, 5) is 38.8. The minimum absolute atomic E-state index is 0.0442. The molecule has 3 aliphatic rings. The molecule has 1 aliphatic carbocycles. The SMILES string of the molecule is Cn1nc(C2CCC(=O)NC2=O)c2ccc(C3CCN(C4CC(C(=O)OC(C)(C)C)C4)CC3)cc21. The third-order valence-corrected chi connectivity index (χ3v) is 7.84. The normalized spacial score (nSPS) is 26.5. The van der Waals surface area contributed by atoms with Crippen LogP contribution in [0.1, 0.15) is 82.4 Å². The number of benzene rings is 1. The Morgan fingerprint density at radius 3 is 2.49 bits per heavy atom. The van der Waals surface area contributed by atoms with Gasteiger partial charge in [-0.1, -0.05) is 12.1 Å². The van der Waals surface area contributed by atoms with Crippen LogP contribution in [0.5, 0.6) is 0 Å². The number of ether oxygens (including phenoxy) is 1. The average molecular weight is 481 g/mol. The van der Waals surface area contributed by atoms with Gasteiger partial charge in [-0.2, -0.15) is 5.10 Å². The number of likely N-dealkylation sites (tertiary alicyclic amines) is 1. The summed E-state index contributed by atoms with van der Waals surface area (Å²) >= 11 is 0. The van der Waals surface area contributed by atoms with Crippen molar-refractivity contribution in [2.45, 2.75) is 82.8 Å². The van der Waals surface area contributed by atoms with Gasteiger partial charge in [-0.05, 0) is 83.5 Å². The van der Waals surface area contributed by atoms with E-state index in [0.29, 0.717) is 24.8 Å². The highest BCUT2D eigenvalue weighted by Crippen LogP contribution is 2.38. The Hall–Kier alpha value is -2.74. The fourth-order valence-corrected chi connectivity index (χ4v) is 5.83. The van der Waals surface area contributed by atoms with Crippen LogP contribution in [0, 0.1) is 5.92 Å². The number of nitrogens with one attached hydrogen (secondary N) is 1. The van der Waals surface area contributed by atoms with Crippen molar-refractivity contribution in [3.8, 4) is 0 Å². The van der Waals surface area contributed by atoms with Crippen molar-refractivity contribution in [3.63, 3.8) is 0 Å². The minimum atomic E-state index is -0.419. The highest BCUT2D eigenvalue weighted by atomic mass is 16.6. The lowest BCUT2D eigenvalue weighted by atomic mass is 9.77. The molecule has 1 N–H and O–H groups in total. The van der Waals surface area contributed by atoms with Crippen LogP contribution < -0.4 is 5.32 Å². The molecule has 2 amide bonds. The molecule has 0 spiro atoms. The second-order valence-electron chi connectivity index (χ2n) is 11.5. The zero-order valence-electron chi connectivity index (χ0n) is 21.2. The van der Waals surface area contributed by atoms with Crippen molar-refractivity contribution >= 4 is 28.7 Å². The number of rotatable bonds is 4. The number of esters is 1. The summed E-state index contributed by atoms with van der Waals surface area (Å²) in [5.41, 5.74) is 2.69. The number of nitrogens with zero attached hydrogens (tertiary/aromatic N) is 3. The van der Waals surface area contributed by atoms with E-state index in [4.69, 9.17) is 4.74 Å². The summed E-state index contributed by atoms with van der Waals surface area (Å²) in [5.74, 6) is -0.346. The number of hydrogen-bond acceptors (Lipinski definition) is 6. The summed E-state index contributed by atoms with van der Waals surface area (Å²) in [5, 5.41) is 8.11. The Morgan fingerprint density at radius 2 is 1.83 bits per heavy atom. The smallest absolute Gasteiger partial charge is 0.309 e. The zero-order chi connectivity index (χ0) is 24.9. The van der Waals surface area contributed by atoms with Crippen molar-refractivity contribution in [1.82, 2.24) is 20.0 Å². The number of carbonyl (C=O) groups excluding carboxylic acids is 3. The van der Waals surface area contributed by atoms with Crippen LogP contribution in [0.4, 0.5) is 0 Å². The topological polar surface area (TPSA) is 93.5 Å². The third kappa shape index (κ3) is 4.85. The molecule has 2 aromatic rings. The maximum absolute atomic E-state index is 12.4. The van der Waals surface area contributed by atoms with Crippen LogP contribution in [-0.4, -0.2) is 57.2 Å². The van der Waals surface area contributed by atoms with E-state index in [-0.39, 0.29) is 29.6 Å². The zero-order valence-corrected chi connectivity index (χ0v) is 21.2. The van der Waals surface area contributed by atoms with Crippen LogP contribution in [0.2, 0.25) is 0 Å². The van der Waals surface area contributed by atoms with E-state index >= 15 is 0 Å².